The van der Waals surface area contributed by atoms with Crippen molar-refractivity contribution in [2.75, 3.05) is 19.7 Å². The number of H-pyrrole nitrogens is 1. The minimum atomic E-state index is 0. The molecule has 0 aliphatic rings. The number of nitrogens with one attached hydrogen (secondary N) is 3. The van der Waals surface area contributed by atoms with Crippen LogP contribution in [0.4, 0.5) is 0 Å². The van der Waals surface area contributed by atoms with Crippen LogP contribution in [0.3, 0.4) is 0 Å². The van der Waals surface area contributed by atoms with E-state index >= 15 is 0 Å². The minimum Gasteiger partial charge on any atom is -0.494 e. The van der Waals surface area contributed by atoms with Crippen LogP contribution < -0.4 is 15.4 Å². The number of hydrogen-bond acceptors (Lipinski definition) is 3. The van der Waals surface area contributed by atoms with Crippen LogP contribution in [-0.4, -0.2) is 35.9 Å². The van der Waals surface area contributed by atoms with Gasteiger partial charge in [-0.15, -0.1) is 24.0 Å². The molecule has 0 bridgehead atoms. The van der Waals surface area contributed by atoms with Crippen molar-refractivity contribution in [3.63, 3.8) is 0 Å². The van der Waals surface area contributed by atoms with Gasteiger partial charge in [0.25, 0.3) is 0 Å². The summed E-state index contributed by atoms with van der Waals surface area (Å²) in [5, 5.41) is 13.7. The van der Waals surface area contributed by atoms with E-state index in [1.165, 1.54) is 11.1 Å². The summed E-state index contributed by atoms with van der Waals surface area (Å²) in [6.45, 7) is 11.1. The number of hydrogen-bond donors (Lipinski definition) is 3. The third-order valence-corrected chi connectivity index (χ3v) is 4.12. The molecule has 7 heteroatoms. The summed E-state index contributed by atoms with van der Waals surface area (Å²) < 4.78 is 5.74. The number of aryl methyl sites for hydroxylation is 3. The fourth-order valence-electron chi connectivity index (χ4n) is 2.70. The molecule has 0 atom stereocenters. The molecule has 0 spiro atoms. The third kappa shape index (κ3) is 7.78. The van der Waals surface area contributed by atoms with Gasteiger partial charge in [0.15, 0.2) is 5.96 Å². The third-order valence-electron chi connectivity index (χ3n) is 4.12. The predicted molar refractivity (Wildman–Crippen MR) is 122 cm³/mol. The fourth-order valence-corrected chi connectivity index (χ4v) is 2.70. The number of guanidine groups is 1. The van der Waals surface area contributed by atoms with E-state index in [1.807, 2.05) is 13.1 Å². The van der Waals surface area contributed by atoms with E-state index in [4.69, 9.17) is 9.73 Å². The zero-order valence-electron chi connectivity index (χ0n) is 16.8. The Balaban J connectivity index is 0.00000364. The maximum absolute atomic E-state index is 5.74. The number of benzene rings is 1. The van der Waals surface area contributed by atoms with Gasteiger partial charge < -0.3 is 15.4 Å². The largest absolute Gasteiger partial charge is 0.494 e. The van der Waals surface area contributed by atoms with E-state index in [9.17, 15) is 0 Å². The van der Waals surface area contributed by atoms with Gasteiger partial charge in [-0.2, -0.15) is 5.10 Å². The van der Waals surface area contributed by atoms with Gasteiger partial charge >= 0.3 is 0 Å². The summed E-state index contributed by atoms with van der Waals surface area (Å²) in [6, 6.07) is 6.26. The molecule has 27 heavy (non-hydrogen) atoms. The molecule has 2 aromatic rings. The fraction of sp³-hybridized carbons (Fsp3) is 0.500. The Morgan fingerprint density at radius 2 is 2.00 bits per heavy atom. The van der Waals surface area contributed by atoms with Crippen LogP contribution in [-0.2, 0) is 13.0 Å². The second-order valence-corrected chi connectivity index (χ2v) is 6.29. The summed E-state index contributed by atoms with van der Waals surface area (Å²) >= 11 is 0. The Morgan fingerprint density at radius 1 is 1.19 bits per heavy atom. The van der Waals surface area contributed by atoms with Crippen LogP contribution in [0.25, 0.3) is 0 Å². The van der Waals surface area contributed by atoms with Crippen LogP contribution >= 0.6 is 24.0 Å². The Labute approximate surface area is 179 Å². The molecule has 0 saturated heterocycles. The smallest absolute Gasteiger partial charge is 0.191 e. The quantitative estimate of drug-likeness (QED) is 0.219. The van der Waals surface area contributed by atoms with Crippen molar-refractivity contribution < 1.29 is 4.74 Å². The summed E-state index contributed by atoms with van der Waals surface area (Å²) in [4.78, 5) is 4.70. The molecule has 1 aromatic heterocycles. The molecular weight excluding hydrogens is 453 g/mol. The van der Waals surface area contributed by atoms with Gasteiger partial charge in [0.1, 0.15) is 5.75 Å². The number of aliphatic imine (C=N–C) groups is 1. The van der Waals surface area contributed by atoms with E-state index in [2.05, 4.69) is 59.8 Å². The molecule has 0 unspecified atom stereocenters. The van der Waals surface area contributed by atoms with Crippen molar-refractivity contribution in [1.29, 1.82) is 0 Å². The number of nitrogens with zero attached hydrogens (tertiary/aromatic N) is 2. The molecule has 1 aromatic carbocycles. The second kappa shape index (κ2) is 12.6. The maximum atomic E-state index is 5.74. The maximum Gasteiger partial charge on any atom is 0.191 e. The lowest BCUT2D eigenvalue weighted by Gasteiger charge is -2.13. The minimum absolute atomic E-state index is 0. The van der Waals surface area contributed by atoms with E-state index in [0.29, 0.717) is 13.2 Å². The summed E-state index contributed by atoms with van der Waals surface area (Å²) in [5.41, 5.74) is 4.72. The number of rotatable bonds is 9. The van der Waals surface area contributed by atoms with Gasteiger partial charge in [-0.25, -0.2) is 4.99 Å². The normalized spacial score (nSPS) is 11.0. The van der Waals surface area contributed by atoms with Crippen LogP contribution in [0.2, 0.25) is 0 Å². The molecule has 0 aliphatic heterocycles. The molecule has 150 valence electrons. The Kier molecular flexibility index (Phi) is 10.8. The van der Waals surface area contributed by atoms with Crippen LogP contribution in [0.1, 0.15) is 42.7 Å². The first-order valence-corrected chi connectivity index (χ1v) is 9.37. The van der Waals surface area contributed by atoms with Gasteiger partial charge in [-0.3, -0.25) is 5.10 Å². The van der Waals surface area contributed by atoms with Crippen molar-refractivity contribution in [2.45, 2.75) is 47.1 Å². The lowest BCUT2D eigenvalue weighted by molar-refractivity contribution is 0.336. The monoisotopic (exact) mass is 485 g/mol. The zero-order chi connectivity index (χ0) is 18.8. The Bertz CT molecular complexity index is 714. The zero-order valence-corrected chi connectivity index (χ0v) is 19.1. The second-order valence-electron chi connectivity index (χ2n) is 6.29. The highest BCUT2D eigenvalue weighted by atomic mass is 127. The summed E-state index contributed by atoms with van der Waals surface area (Å²) in [7, 11) is 0. The van der Waals surface area contributed by atoms with Crippen molar-refractivity contribution in [3.8, 4) is 5.75 Å². The first kappa shape index (κ1) is 23.3. The topological polar surface area (TPSA) is 74.3 Å². The number of aromatic nitrogens is 2. The summed E-state index contributed by atoms with van der Waals surface area (Å²) in [5.74, 6) is 1.75. The number of halogens is 1. The molecular formula is C20H32IN5O. The van der Waals surface area contributed by atoms with E-state index in [-0.39, 0.29) is 24.0 Å². The number of ether oxygens (including phenoxy) is 1. The molecule has 0 radical (unpaired) electrons. The standard InChI is InChI=1S/C20H31N5O.HI/c1-5-21-20(22-11-7-8-17-14-24-25-16(17)4)23-13-18-10-9-15(3)12-19(18)26-6-2;/h9-10,12,14H,5-8,11,13H2,1-4H3,(H,24,25)(H2,21,22,23);1H. The Morgan fingerprint density at radius 3 is 2.67 bits per heavy atom. The predicted octanol–water partition coefficient (Wildman–Crippen LogP) is 3.73. The van der Waals surface area contributed by atoms with E-state index in [1.54, 1.807) is 0 Å². The van der Waals surface area contributed by atoms with Gasteiger partial charge in [0.05, 0.1) is 19.3 Å². The average Bonchev–Trinajstić information content (AvgIpc) is 3.03. The van der Waals surface area contributed by atoms with Crippen molar-refractivity contribution in [1.82, 2.24) is 20.8 Å². The first-order valence-electron chi connectivity index (χ1n) is 9.37. The van der Waals surface area contributed by atoms with Crippen molar-refractivity contribution >= 4 is 29.9 Å². The number of aromatic amines is 1. The lowest BCUT2D eigenvalue weighted by Crippen LogP contribution is -2.37. The van der Waals surface area contributed by atoms with Crippen molar-refractivity contribution in [3.05, 3.63) is 46.8 Å². The SMILES string of the molecule is CCNC(=NCc1ccc(C)cc1OCC)NCCCc1cn[nH]c1C.I. The van der Waals surface area contributed by atoms with E-state index < -0.39 is 0 Å². The van der Waals surface area contributed by atoms with Gasteiger partial charge in [-0.05, 0) is 57.7 Å². The molecule has 0 fully saturated rings. The lowest BCUT2D eigenvalue weighted by atomic mass is 10.1. The highest BCUT2D eigenvalue weighted by Gasteiger charge is 2.05. The van der Waals surface area contributed by atoms with Gasteiger partial charge in [0.2, 0.25) is 0 Å². The molecule has 2 rings (SSSR count). The molecule has 3 N–H and O–H groups in total. The van der Waals surface area contributed by atoms with Gasteiger partial charge in [0, 0.05) is 24.3 Å². The highest BCUT2D eigenvalue weighted by Crippen LogP contribution is 2.21. The van der Waals surface area contributed by atoms with Gasteiger partial charge in [-0.1, -0.05) is 12.1 Å². The average molecular weight is 485 g/mol. The molecule has 6 nitrogen and oxygen atoms in total. The van der Waals surface area contributed by atoms with Crippen molar-refractivity contribution in [2.24, 2.45) is 4.99 Å². The molecule has 0 saturated carbocycles. The molecule has 0 amide bonds. The van der Waals surface area contributed by atoms with E-state index in [0.717, 1.165) is 48.9 Å². The Hall–Kier alpha value is -1.77. The first-order chi connectivity index (χ1) is 12.6. The molecule has 1 heterocycles. The van der Waals surface area contributed by atoms with Crippen LogP contribution in [0.15, 0.2) is 29.4 Å². The highest BCUT2D eigenvalue weighted by molar-refractivity contribution is 14.0. The van der Waals surface area contributed by atoms with Crippen LogP contribution in [0, 0.1) is 13.8 Å². The molecule has 0 aliphatic carbocycles. The summed E-state index contributed by atoms with van der Waals surface area (Å²) in [6.07, 6.45) is 3.93. The van der Waals surface area contributed by atoms with Crippen LogP contribution in [0.5, 0.6) is 5.75 Å².